The van der Waals surface area contributed by atoms with Crippen LogP contribution in [0.4, 0.5) is 10.0 Å². The van der Waals surface area contributed by atoms with Crippen molar-refractivity contribution < 1.29 is 55.2 Å². The summed E-state index contributed by atoms with van der Waals surface area (Å²) in [6, 6.07) is 0. The van der Waals surface area contributed by atoms with Gasteiger partial charge in [-0.05, 0) is 0 Å². The Morgan fingerprint density at radius 2 is 1.97 bits per heavy atom. The van der Waals surface area contributed by atoms with Crippen LogP contribution in [0.5, 0.6) is 0 Å². The SMILES string of the molecule is Nc1ncnc2c1ncn2[C@@H]1O[C@H](COP(=O)([O-])OP(=O)([O-])F)[C@H]2OP(=O)([O-])O[C@H]21. The van der Waals surface area contributed by atoms with E-state index in [1.807, 2.05) is 0 Å². The van der Waals surface area contributed by atoms with Gasteiger partial charge < -0.3 is 38.7 Å². The topological polar surface area (TPSA) is 236 Å². The maximum absolute atomic E-state index is 12.5. The predicted molar refractivity (Wildman–Crippen MR) is 84.4 cm³/mol. The highest BCUT2D eigenvalue weighted by molar-refractivity contribution is 7.59. The third-order valence-corrected chi connectivity index (χ3v) is 7.09. The van der Waals surface area contributed by atoms with E-state index in [1.54, 1.807) is 0 Å². The number of nitrogens with two attached hydrogens (primary N) is 1. The van der Waals surface area contributed by atoms with Gasteiger partial charge in [-0.3, -0.25) is 18.3 Å². The molecule has 166 valence electrons. The molecule has 0 bridgehead atoms. The van der Waals surface area contributed by atoms with Gasteiger partial charge in [-0.2, -0.15) is 4.20 Å². The number of rotatable bonds is 6. The van der Waals surface area contributed by atoms with Crippen molar-refractivity contribution in [3.63, 3.8) is 0 Å². The Morgan fingerprint density at radius 1 is 1.27 bits per heavy atom. The number of nitrogen functional groups attached to an aromatic ring is 1. The summed E-state index contributed by atoms with van der Waals surface area (Å²) in [5.41, 5.74) is 6.01. The molecule has 0 spiro atoms. The number of imidazole rings is 1. The van der Waals surface area contributed by atoms with Crippen LogP contribution in [0.15, 0.2) is 12.7 Å². The van der Waals surface area contributed by atoms with Crippen molar-refractivity contribution in [3.8, 4) is 0 Å². The maximum Gasteiger partial charge on any atom is 0.314 e. The van der Waals surface area contributed by atoms with Crippen LogP contribution in [0.1, 0.15) is 6.23 Å². The highest BCUT2D eigenvalue weighted by Crippen LogP contribution is 2.58. The van der Waals surface area contributed by atoms with Crippen LogP contribution < -0.4 is 20.4 Å². The molecule has 2 saturated heterocycles. The molecule has 0 saturated carbocycles. The lowest BCUT2D eigenvalue weighted by Crippen LogP contribution is -2.32. The van der Waals surface area contributed by atoms with Crippen molar-refractivity contribution in [2.75, 3.05) is 12.3 Å². The van der Waals surface area contributed by atoms with Crippen molar-refractivity contribution >= 4 is 40.5 Å². The molecule has 2 aliphatic heterocycles. The molecular weight excluding hydrogens is 478 g/mol. The third-order valence-electron chi connectivity index (χ3n) is 4.04. The summed E-state index contributed by atoms with van der Waals surface area (Å²) < 4.78 is 70.0. The molecule has 0 amide bonds. The van der Waals surface area contributed by atoms with Crippen LogP contribution in [-0.2, 0) is 36.3 Å². The molecule has 2 N–H and O–H groups in total. The monoisotopic (exact) mass is 488 g/mol. The molecule has 0 aliphatic carbocycles. The summed E-state index contributed by atoms with van der Waals surface area (Å²) >= 11 is 0. The summed E-state index contributed by atoms with van der Waals surface area (Å²) in [7, 11) is -16.6. The van der Waals surface area contributed by atoms with E-state index >= 15 is 0 Å². The molecule has 16 nitrogen and oxygen atoms in total. The second-order valence-corrected chi connectivity index (χ2v) is 9.97. The summed E-state index contributed by atoms with van der Waals surface area (Å²) in [6.45, 7) is -0.981. The van der Waals surface area contributed by atoms with Crippen LogP contribution in [0.25, 0.3) is 11.2 Å². The summed E-state index contributed by atoms with van der Waals surface area (Å²) in [4.78, 5) is 45.3. The van der Waals surface area contributed by atoms with E-state index in [-0.39, 0.29) is 17.0 Å². The number of phosphoric acid groups is 2. The number of ether oxygens (including phenoxy) is 1. The molecule has 2 fully saturated rings. The summed E-state index contributed by atoms with van der Waals surface area (Å²) in [6.07, 6.45) is -3.04. The molecular formula is C10H10FN5O11P3-3. The Morgan fingerprint density at radius 3 is 2.67 bits per heavy atom. The lowest BCUT2D eigenvalue weighted by molar-refractivity contribution is -0.239. The van der Waals surface area contributed by atoms with E-state index in [1.165, 1.54) is 10.9 Å². The van der Waals surface area contributed by atoms with E-state index in [4.69, 9.17) is 19.5 Å². The lowest BCUT2D eigenvalue weighted by atomic mass is 10.1. The highest BCUT2D eigenvalue weighted by Gasteiger charge is 2.55. The first-order valence-electron chi connectivity index (χ1n) is 7.79. The number of aromatic nitrogens is 4. The van der Waals surface area contributed by atoms with Crippen molar-refractivity contribution in [2.45, 2.75) is 24.5 Å². The van der Waals surface area contributed by atoms with E-state index in [2.05, 4.69) is 23.8 Å². The lowest BCUT2D eigenvalue weighted by Gasteiger charge is -2.28. The molecule has 30 heavy (non-hydrogen) atoms. The van der Waals surface area contributed by atoms with Gasteiger partial charge >= 0.3 is 7.91 Å². The second-order valence-electron chi connectivity index (χ2n) is 5.99. The minimum absolute atomic E-state index is 0.0315. The number of halogens is 1. The summed E-state index contributed by atoms with van der Waals surface area (Å²) in [5, 5.41) is 0. The Labute approximate surface area is 165 Å². The van der Waals surface area contributed by atoms with Gasteiger partial charge in [0, 0.05) is 0 Å². The Hall–Kier alpha value is -1.35. The molecule has 4 rings (SSSR count). The zero-order valence-electron chi connectivity index (χ0n) is 14.2. The summed E-state index contributed by atoms with van der Waals surface area (Å²) in [5.74, 6) is 0.0315. The smallest absolute Gasteiger partial charge is 0.314 e. The van der Waals surface area contributed by atoms with Gasteiger partial charge in [0.05, 0.1) is 12.9 Å². The number of hydrogen-bond donors (Lipinski definition) is 1. The maximum atomic E-state index is 12.5. The molecule has 0 radical (unpaired) electrons. The molecule has 2 aromatic rings. The Balaban J connectivity index is 1.60. The van der Waals surface area contributed by atoms with Gasteiger partial charge in [0.25, 0.3) is 15.6 Å². The van der Waals surface area contributed by atoms with E-state index < -0.39 is 54.7 Å². The molecule has 7 atom stereocenters. The van der Waals surface area contributed by atoms with Crippen LogP contribution in [0.2, 0.25) is 0 Å². The molecule has 2 aromatic heterocycles. The fourth-order valence-corrected chi connectivity index (χ4v) is 5.59. The van der Waals surface area contributed by atoms with Crippen LogP contribution in [-0.4, -0.2) is 44.4 Å². The molecule has 20 heteroatoms. The second kappa shape index (κ2) is 7.36. The van der Waals surface area contributed by atoms with Crippen molar-refractivity contribution in [1.29, 1.82) is 0 Å². The number of anilines is 1. The first-order valence-corrected chi connectivity index (χ1v) is 12.1. The van der Waals surface area contributed by atoms with Gasteiger partial charge in [0.15, 0.2) is 17.7 Å². The first kappa shape index (κ1) is 21.9. The van der Waals surface area contributed by atoms with Gasteiger partial charge in [0.2, 0.25) is 0 Å². The number of hydrogen-bond acceptors (Lipinski definition) is 15. The van der Waals surface area contributed by atoms with Crippen molar-refractivity contribution in [1.82, 2.24) is 19.5 Å². The number of nitrogens with zero attached hydrogens (tertiary/aromatic N) is 4. The van der Waals surface area contributed by atoms with Crippen LogP contribution in [0.3, 0.4) is 0 Å². The minimum Gasteiger partial charge on any atom is -0.756 e. The predicted octanol–water partition coefficient (Wildman–Crippen LogP) is -1.50. The fraction of sp³-hybridized carbons (Fsp3) is 0.500. The van der Waals surface area contributed by atoms with Crippen LogP contribution >= 0.6 is 23.6 Å². The standard InChI is InChI=1S/C10H13FN5O11P3/c11-28(17,18)27-29(19,20)23-1-4-6-7(26-30(21,22)25-6)10(24-4)16-3-15-5-8(12)13-2-14-9(5)16/h2-4,6-7,10H,1H2,(H,17,18)(H,19,20)(H,21,22)(H2,12,13,14)/p-3/t4-,6-,7-,10-/m1/s1. The number of phosphoric ester groups is 2. The molecule has 0 aromatic carbocycles. The van der Waals surface area contributed by atoms with Gasteiger partial charge in [-0.15, -0.1) is 0 Å². The van der Waals surface area contributed by atoms with E-state index in [0.717, 1.165) is 6.33 Å². The zero-order valence-corrected chi connectivity index (χ0v) is 16.9. The molecule has 4 heterocycles. The normalized spacial score (nSPS) is 35.2. The van der Waals surface area contributed by atoms with Gasteiger partial charge in [0.1, 0.15) is 30.2 Å². The largest absolute Gasteiger partial charge is 0.756 e. The number of fused-ring (bicyclic) bond motifs is 2. The fourth-order valence-electron chi connectivity index (χ4n) is 2.99. The molecule has 3 unspecified atom stereocenters. The molecule has 2 aliphatic rings. The third kappa shape index (κ3) is 4.33. The average molecular weight is 488 g/mol. The minimum atomic E-state index is -6.16. The van der Waals surface area contributed by atoms with E-state index in [9.17, 15) is 32.6 Å². The van der Waals surface area contributed by atoms with Crippen LogP contribution in [0, 0.1) is 0 Å². The Bertz CT molecular complexity index is 1120. The zero-order chi connectivity index (χ0) is 21.9. The highest BCUT2D eigenvalue weighted by atomic mass is 31.3. The van der Waals surface area contributed by atoms with E-state index in [0.29, 0.717) is 0 Å². The van der Waals surface area contributed by atoms with Crippen molar-refractivity contribution in [3.05, 3.63) is 12.7 Å². The van der Waals surface area contributed by atoms with Crippen molar-refractivity contribution in [2.24, 2.45) is 0 Å². The average Bonchev–Trinajstić information content (AvgIpc) is 3.22. The quantitative estimate of drug-likeness (QED) is 0.455. The first-order chi connectivity index (χ1) is 13.9. The van der Waals surface area contributed by atoms with Gasteiger partial charge in [-0.25, -0.2) is 19.3 Å². The van der Waals surface area contributed by atoms with Gasteiger partial charge in [-0.1, -0.05) is 0 Å². The Kier molecular flexibility index (Phi) is 5.37.